The van der Waals surface area contributed by atoms with Gasteiger partial charge in [-0.2, -0.15) is 21.6 Å². The normalized spacial score (nSPS) is 12.7. The number of hydrogen-bond donors (Lipinski definition) is 1. The standard InChI is InChI=1S/C18H17Br2F3N2O3S/c1-3-16(24-28-10-12-7-13(19)9-14(20)8-12)15-6-11(2)4-5-17(15)25-29(26,27)18(21,22)23/h4-9,25H,3,10H2,1-2H3/b24-16+. The van der Waals surface area contributed by atoms with E-state index in [0.29, 0.717) is 12.1 Å². The van der Waals surface area contributed by atoms with Gasteiger partial charge in [0.25, 0.3) is 0 Å². The van der Waals surface area contributed by atoms with E-state index in [2.05, 4.69) is 37.0 Å². The summed E-state index contributed by atoms with van der Waals surface area (Å²) in [5.41, 5.74) is -3.58. The van der Waals surface area contributed by atoms with Gasteiger partial charge in [0.1, 0.15) is 6.61 Å². The minimum atomic E-state index is -5.56. The maximum atomic E-state index is 12.8. The van der Waals surface area contributed by atoms with Gasteiger partial charge in [0, 0.05) is 14.5 Å². The Balaban J connectivity index is 2.32. The van der Waals surface area contributed by atoms with Crippen molar-refractivity contribution in [3.05, 3.63) is 62.0 Å². The topological polar surface area (TPSA) is 67.8 Å². The number of benzene rings is 2. The molecule has 158 valence electrons. The molecule has 1 N–H and O–H groups in total. The summed E-state index contributed by atoms with van der Waals surface area (Å²) >= 11 is 6.73. The Kier molecular flexibility index (Phi) is 7.74. The van der Waals surface area contributed by atoms with Crippen molar-refractivity contribution in [2.75, 3.05) is 4.72 Å². The Hall–Kier alpha value is -1.59. The summed E-state index contributed by atoms with van der Waals surface area (Å²) in [5.74, 6) is 0. The molecule has 0 fully saturated rings. The first-order valence-corrected chi connectivity index (χ1v) is 11.3. The molecule has 0 amide bonds. The SMILES string of the molecule is CC/C(=N\OCc1cc(Br)cc(Br)c1)c1cc(C)ccc1NS(=O)(=O)C(F)(F)F. The summed E-state index contributed by atoms with van der Waals surface area (Å²) in [6, 6.07) is 9.85. The summed E-state index contributed by atoms with van der Waals surface area (Å²) in [5, 5.41) is 4.03. The number of sulfonamides is 1. The molecule has 29 heavy (non-hydrogen) atoms. The summed E-state index contributed by atoms with van der Waals surface area (Å²) in [7, 11) is -5.56. The molecule has 0 aliphatic heterocycles. The molecule has 0 bridgehead atoms. The number of anilines is 1. The molecule has 11 heteroatoms. The van der Waals surface area contributed by atoms with Crippen molar-refractivity contribution in [2.24, 2.45) is 5.16 Å². The quantitative estimate of drug-likeness (QED) is 0.330. The van der Waals surface area contributed by atoms with Gasteiger partial charge in [-0.05, 0) is 49.2 Å². The van der Waals surface area contributed by atoms with E-state index in [1.807, 2.05) is 18.2 Å². The van der Waals surface area contributed by atoms with Gasteiger partial charge in [0.05, 0.1) is 11.4 Å². The number of hydrogen-bond acceptors (Lipinski definition) is 4. The van der Waals surface area contributed by atoms with Crippen LogP contribution in [0.3, 0.4) is 0 Å². The zero-order valence-electron chi connectivity index (χ0n) is 15.3. The summed E-state index contributed by atoms with van der Waals surface area (Å²) in [6.45, 7) is 3.60. The van der Waals surface area contributed by atoms with E-state index in [1.165, 1.54) is 12.1 Å². The Morgan fingerprint density at radius 3 is 2.31 bits per heavy atom. The van der Waals surface area contributed by atoms with Gasteiger partial charge in [-0.25, -0.2) is 0 Å². The highest BCUT2D eigenvalue weighted by Crippen LogP contribution is 2.28. The smallest absolute Gasteiger partial charge is 0.391 e. The minimum Gasteiger partial charge on any atom is -0.391 e. The van der Waals surface area contributed by atoms with Gasteiger partial charge in [-0.1, -0.05) is 55.6 Å². The third-order valence-electron chi connectivity index (χ3n) is 3.70. The third-order valence-corrected chi connectivity index (χ3v) is 5.71. The van der Waals surface area contributed by atoms with Crippen LogP contribution in [-0.4, -0.2) is 19.6 Å². The predicted octanol–water partition coefficient (Wildman–Crippen LogP) is 6.11. The van der Waals surface area contributed by atoms with Crippen LogP contribution in [-0.2, 0) is 21.5 Å². The molecule has 0 aromatic heterocycles. The van der Waals surface area contributed by atoms with E-state index in [9.17, 15) is 21.6 Å². The molecular formula is C18H17Br2F3N2O3S. The van der Waals surface area contributed by atoms with Crippen LogP contribution >= 0.6 is 31.9 Å². The fourth-order valence-electron chi connectivity index (χ4n) is 2.37. The highest BCUT2D eigenvalue weighted by atomic mass is 79.9. The van der Waals surface area contributed by atoms with Gasteiger partial charge < -0.3 is 4.84 Å². The van der Waals surface area contributed by atoms with Crippen molar-refractivity contribution in [3.8, 4) is 0 Å². The van der Waals surface area contributed by atoms with Crippen molar-refractivity contribution >= 4 is 53.3 Å². The molecule has 0 radical (unpaired) electrons. The number of aryl methyl sites for hydroxylation is 1. The van der Waals surface area contributed by atoms with Gasteiger partial charge >= 0.3 is 15.5 Å². The monoisotopic (exact) mass is 556 g/mol. The maximum absolute atomic E-state index is 12.8. The molecule has 5 nitrogen and oxygen atoms in total. The van der Waals surface area contributed by atoms with Crippen LogP contribution in [0.2, 0.25) is 0 Å². The number of nitrogens with one attached hydrogen (secondary N) is 1. The van der Waals surface area contributed by atoms with Crippen molar-refractivity contribution < 1.29 is 26.4 Å². The maximum Gasteiger partial charge on any atom is 0.516 e. The lowest BCUT2D eigenvalue weighted by atomic mass is 10.0. The first-order chi connectivity index (χ1) is 13.4. The Labute approximate surface area is 183 Å². The summed E-state index contributed by atoms with van der Waals surface area (Å²) < 4.78 is 64.6. The van der Waals surface area contributed by atoms with Gasteiger partial charge in [-0.3, -0.25) is 4.72 Å². The first kappa shape index (κ1) is 23.7. The van der Waals surface area contributed by atoms with Crippen molar-refractivity contribution in [1.29, 1.82) is 0 Å². The highest BCUT2D eigenvalue weighted by Gasteiger charge is 2.46. The van der Waals surface area contributed by atoms with Crippen LogP contribution < -0.4 is 4.72 Å². The van der Waals surface area contributed by atoms with Gasteiger partial charge in [-0.15, -0.1) is 0 Å². The van der Waals surface area contributed by atoms with Crippen LogP contribution in [0.25, 0.3) is 0 Å². The average molecular weight is 558 g/mol. The molecule has 0 spiro atoms. The van der Waals surface area contributed by atoms with Crippen molar-refractivity contribution in [1.82, 2.24) is 0 Å². The molecule has 0 heterocycles. The summed E-state index contributed by atoms with van der Waals surface area (Å²) in [4.78, 5) is 5.38. The van der Waals surface area contributed by atoms with Crippen molar-refractivity contribution in [2.45, 2.75) is 32.4 Å². The third kappa shape index (κ3) is 6.45. The Morgan fingerprint density at radius 1 is 1.14 bits per heavy atom. The van der Waals surface area contributed by atoms with Crippen LogP contribution in [0, 0.1) is 6.92 Å². The van der Waals surface area contributed by atoms with E-state index in [-0.39, 0.29) is 17.9 Å². The molecule has 0 unspecified atom stereocenters. The Bertz CT molecular complexity index is 1010. The summed E-state index contributed by atoms with van der Waals surface area (Å²) in [6.07, 6.45) is 0.312. The van der Waals surface area contributed by atoms with E-state index < -0.39 is 15.5 Å². The molecule has 2 rings (SSSR count). The van der Waals surface area contributed by atoms with E-state index in [1.54, 1.807) is 24.6 Å². The van der Waals surface area contributed by atoms with Crippen LogP contribution in [0.15, 0.2) is 50.5 Å². The molecule has 0 saturated heterocycles. The number of alkyl halides is 3. The number of halogens is 5. The molecule has 0 atom stereocenters. The molecule has 2 aromatic rings. The largest absolute Gasteiger partial charge is 0.516 e. The zero-order valence-corrected chi connectivity index (χ0v) is 19.3. The lowest BCUT2D eigenvalue weighted by Crippen LogP contribution is -2.30. The van der Waals surface area contributed by atoms with E-state index in [0.717, 1.165) is 20.1 Å². The lowest BCUT2D eigenvalue weighted by molar-refractivity contribution is -0.0429. The molecule has 0 saturated carbocycles. The minimum absolute atomic E-state index is 0.122. The number of rotatable bonds is 7. The van der Waals surface area contributed by atoms with Crippen molar-refractivity contribution in [3.63, 3.8) is 0 Å². The fourth-order valence-corrected chi connectivity index (χ4v) is 4.34. The molecule has 0 aliphatic carbocycles. The fraction of sp³-hybridized carbons (Fsp3) is 0.278. The van der Waals surface area contributed by atoms with Crippen LogP contribution in [0.5, 0.6) is 0 Å². The predicted molar refractivity (Wildman–Crippen MR) is 113 cm³/mol. The second-order valence-corrected chi connectivity index (χ2v) is 9.55. The second kappa shape index (κ2) is 9.48. The number of nitrogens with zero attached hydrogens (tertiary/aromatic N) is 1. The lowest BCUT2D eigenvalue weighted by Gasteiger charge is -2.15. The van der Waals surface area contributed by atoms with Crippen LogP contribution in [0.1, 0.15) is 30.0 Å². The van der Waals surface area contributed by atoms with E-state index >= 15 is 0 Å². The Morgan fingerprint density at radius 2 is 1.76 bits per heavy atom. The molecule has 2 aromatic carbocycles. The van der Waals surface area contributed by atoms with Gasteiger partial charge in [0.2, 0.25) is 0 Å². The molecule has 0 aliphatic rings. The highest BCUT2D eigenvalue weighted by molar-refractivity contribution is 9.11. The second-order valence-electron chi connectivity index (χ2n) is 6.04. The number of oxime groups is 1. The van der Waals surface area contributed by atoms with E-state index in [4.69, 9.17) is 4.84 Å². The van der Waals surface area contributed by atoms with Crippen LogP contribution in [0.4, 0.5) is 18.9 Å². The first-order valence-electron chi connectivity index (χ1n) is 8.27. The molecular weight excluding hydrogens is 541 g/mol. The van der Waals surface area contributed by atoms with Gasteiger partial charge in [0.15, 0.2) is 0 Å². The zero-order chi connectivity index (χ0) is 21.8. The average Bonchev–Trinajstić information content (AvgIpc) is 2.58.